The van der Waals surface area contributed by atoms with E-state index in [1.165, 1.54) is 18.9 Å². The van der Waals surface area contributed by atoms with Crippen LogP contribution in [0.3, 0.4) is 0 Å². The molecule has 2 heterocycles. The topological polar surface area (TPSA) is 90.7 Å². The van der Waals surface area contributed by atoms with Gasteiger partial charge in [-0.1, -0.05) is 42.1 Å². The molecule has 35 heavy (non-hydrogen) atoms. The number of nitrogens with zero attached hydrogens (tertiary/aromatic N) is 3. The Morgan fingerprint density at radius 2 is 1.89 bits per heavy atom. The van der Waals surface area contributed by atoms with E-state index in [1.54, 1.807) is 22.8 Å². The Bertz CT molecular complexity index is 1240. The van der Waals surface area contributed by atoms with Crippen molar-refractivity contribution < 1.29 is 19.1 Å². The Kier molecular flexibility index (Phi) is 8.54. The molecule has 2 aromatic carbocycles. The van der Waals surface area contributed by atoms with Crippen molar-refractivity contribution in [1.82, 2.24) is 14.5 Å². The Morgan fingerprint density at radius 3 is 2.63 bits per heavy atom. The second kappa shape index (κ2) is 12.0. The Morgan fingerprint density at radius 1 is 1.11 bits per heavy atom. The van der Waals surface area contributed by atoms with E-state index in [4.69, 9.17) is 14.5 Å². The van der Waals surface area contributed by atoms with Crippen molar-refractivity contribution in [1.29, 1.82) is 0 Å². The standard InChI is InChI=1S/C26H29N3O5S/c1-33-25(32)20-9-10-21-22(18-20)27-26(29(24(21)31)12-11-19-6-3-2-4-7-19)35-17-5-8-23(30)28-13-15-34-16-14-28/h2-4,6-7,9-10,18H,5,8,11-17H2,1H3. The van der Waals surface area contributed by atoms with Crippen LogP contribution in [0.25, 0.3) is 10.9 Å². The molecule has 0 spiro atoms. The minimum atomic E-state index is -0.474. The van der Waals surface area contributed by atoms with Crippen LogP contribution in [-0.4, -0.2) is 65.5 Å². The molecule has 0 N–H and O–H groups in total. The van der Waals surface area contributed by atoms with Gasteiger partial charge < -0.3 is 14.4 Å². The van der Waals surface area contributed by atoms with Gasteiger partial charge in [-0.25, -0.2) is 9.78 Å². The van der Waals surface area contributed by atoms with Crippen molar-refractivity contribution in [2.24, 2.45) is 0 Å². The van der Waals surface area contributed by atoms with Crippen LogP contribution in [0, 0.1) is 0 Å². The number of rotatable bonds is 9. The van der Waals surface area contributed by atoms with E-state index in [0.29, 0.717) is 79.5 Å². The summed E-state index contributed by atoms with van der Waals surface area (Å²) in [6, 6.07) is 14.8. The lowest BCUT2D eigenvalue weighted by atomic mass is 10.1. The Balaban J connectivity index is 1.53. The highest BCUT2D eigenvalue weighted by Gasteiger charge is 2.17. The Labute approximate surface area is 208 Å². The molecule has 0 unspecified atom stereocenters. The zero-order valence-corrected chi connectivity index (χ0v) is 20.6. The van der Waals surface area contributed by atoms with Crippen LogP contribution >= 0.6 is 11.8 Å². The molecule has 1 saturated heterocycles. The van der Waals surface area contributed by atoms with E-state index in [9.17, 15) is 14.4 Å². The first-order chi connectivity index (χ1) is 17.1. The third-order valence-electron chi connectivity index (χ3n) is 5.94. The number of ether oxygens (including phenoxy) is 2. The number of fused-ring (bicyclic) bond motifs is 1. The van der Waals surface area contributed by atoms with Crippen molar-refractivity contribution in [2.45, 2.75) is 31.0 Å². The predicted molar refractivity (Wildman–Crippen MR) is 135 cm³/mol. The molecule has 1 fully saturated rings. The number of benzene rings is 2. The average Bonchev–Trinajstić information content (AvgIpc) is 2.91. The number of hydrogen-bond donors (Lipinski definition) is 0. The van der Waals surface area contributed by atoms with Gasteiger partial charge in [-0.2, -0.15) is 0 Å². The van der Waals surface area contributed by atoms with Gasteiger partial charge in [0.1, 0.15) is 0 Å². The molecule has 184 valence electrons. The molecule has 4 rings (SSSR count). The van der Waals surface area contributed by atoms with E-state index in [2.05, 4.69) is 0 Å². The lowest BCUT2D eigenvalue weighted by Crippen LogP contribution is -2.40. The molecule has 1 amide bonds. The summed E-state index contributed by atoms with van der Waals surface area (Å²) in [5.41, 5.74) is 1.79. The molecule has 1 aliphatic heterocycles. The van der Waals surface area contributed by atoms with Crippen LogP contribution in [0.1, 0.15) is 28.8 Å². The number of thioether (sulfide) groups is 1. The first-order valence-corrected chi connectivity index (χ1v) is 12.7. The summed E-state index contributed by atoms with van der Waals surface area (Å²) in [5, 5.41) is 1.04. The highest BCUT2D eigenvalue weighted by Crippen LogP contribution is 2.21. The summed E-state index contributed by atoms with van der Waals surface area (Å²) in [4.78, 5) is 44.4. The van der Waals surface area contributed by atoms with E-state index < -0.39 is 5.97 Å². The van der Waals surface area contributed by atoms with E-state index >= 15 is 0 Å². The van der Waals surface area contributed by atoms with Crippen LogP contribution in [0.4, 0.5) is 0 Å². The van der Waals surface area contributed by atoms with Gasteiger partial charge in [0, 0.05) is 31.8 Å². The monoisotopic (exact) mass is 495 g/mol. The summed E-state index contributed by atoms with van der Waals surface area (Å²) in [5.74, 6) is 0.304. The zero-order chi connectivity index (χ0) is 24.6. The molecular weight excluding hydrogens is 466 g/mol. The molecule has 9 heteroatoms. The molecule has 0 radical (unpaired) electrons. The van der Waals surface area contributed by atoms with Gasteiger partial charge in [-0.3, -0.25) is 14.2 Å². The smallest absolute Gasteiger partial charge is 0.337 e. The quantitative estimate of drug-likeness (QED) is 0.195. The van der Waals surface area contributed by atoms with Crippen molar-refractivity contribution in [3.63, 3.8) is 0 Å². The molecule has 0 bridgehead atoms. The molecule has 1 aromatic heterocycles. The number of amides is 1. The number of aryl methyl sites for hydroxylation is 1. The van der Waals surface area contributed by atoms with Gasteiger partial charge in [0.2, 0.25) is 5.91 Å². The van der Waals surface area contributed by atoms with Crippen LogP contribution < -0.4 is 5.56 Å². The van der Waals surface area contributed by atoms with E-state index in [0.717, 1.165) is 5.56 Å². The number of morpholine rings is 1. The normalized spacial score (nSPS) is 13.7. The van der Waals surface area contributed by atoms with Crippen molar-refractivity contribution in [2.75, 3.05) is 39.2 Å². The fourth-order valence-corrected chi connectivity index (χ4v) is 4.96. The Hall–Kier alpha value is -3.17. The number of carbonyl (C=O) groups is 2. The maximum absolute atomic E-state index is 13.4. The number of esters is 1. The summed E-state index contributed by atoms with van der Waals surface area (Å²) >= 11 is 1.46. The summed E-state index contributed by atoms with van der Waals surface area (Å²) in [6.45, 7) is 2.94. The SMILES string of the molecule is COC(=O)c1ccc2c(=O)n(CCc3ccccc3)c(SCCCC(=O)N3CCOCC3)nc2c1. The van der Waals surface area contributed by atoms with Gasteiger partial charge in [-0.05, 0) is 36.6 Å². The maximum Gasteiger partial charge on any atom is 0.337 e. The third-order valence-corrected chi connectivity index (χ3v) is 7.00. The highest BCUT2D eigenvalue weighted by molar-refractivity contribution is 7.99. The first kappa shape index (κ1) is 24.9. The zero-order valence-electron chi connectivity index (χ0n) is 19.8. The number of methoxy groups -OCH3 is 1. The molecule has 1 aliphatic rings. The van der Waals surface area contributed by atoms with Gasteiger partial charge in [0.15, 0.2) is 5.16 Å². The second-order valence-corrected chi connectivity index (χ2v) is 9.32. The van der Waals surface area contributed by atoms with Crippen LogP contribution in [0.2, 0.25) is 0 Å². The molecular formula is C26H29N3O5S. The largest absolute Gasteiger partial charge is 0.465 e. The van der Waals surface area contributed by atoms with Crippen LogP contribution in [0.15, 0.2) is 58.5 Å². The summed E-state index contributed by atoms with van der Waals surface area (Å²) in [7, 11) is 1.32. The van der Waals surface area contributed by atoms with Crippen molar-refractivity contribution in [3.8, 4) is 0 Å². The van der Waals surface area contributed by atoms with Crippen molar-refractivity contribution >= 4 is 34.5 Å². The number of carbonyl (C=O) groups excluding carboxylic acids is 2. The van der Waals surface area contributed by atoms with Gasteiger partial charge in [0.05, 0.1) is 36.8 Å². The minimum Gasteiger partial charge on any atom is -0.465 e. The third kappa shape index (κ3) is 6.29. The molecule has 3 aromatic rings. The van der Waals surface area contributed by atoms with Gasteiger partial charge >= 0.3 is 5.97 Å². The second-order valence-electron chi connectivity index (χ2n) is 8.26. The lowest BCUT2D eigenvalue weighted by Gasteiger charge is -2.26. The van der Waals surface area contributed by atoms with Crippen LogP contribution in [-0.2, 0) is 27.2 Å². The number of hydrogen-bond acceptors (Lipinski definition) is 7. The fourth-order valence-electron chi connectivity index (χ4n) is 4.00. The fraction of sp³-hybridized carbons (Fsp3) is 0.385. The summed E-state index contributed by atoms with van der Waals surface area (Å²) in [6.07, 6.45) is 1.81. The van der Waals surface area contributed by atoms with Crippen molar-refractivity contribution in [3.05, 3.63) is 70.0 Å². The molecule has 0 saturated carbocycles. The number of aromatic nitrogens is 2. The van der Waals surface area contributed by atoms with Crippen LogP contribution in [0.5, 0.6) is 0 Å². The summed E-state index contributed by atoms with van der Waals surface area (Å²) < 4.78 is 11.8. The average molecular weight is 496 g/mol. The van der Waals surface area contributed by atoms with E-state index in [-0.39, 0.29) is 11.5 Å². The molecule has 0 aliphatic carbocycles. The minimum absolute atomic E-state index is 0.129. The molecule has 8 nitrogen and oxygen atoms in total. The van der Waals surface area contributed by atoms with Gasteiger partial charge in [0.25, 0.3) is 5.56 Å². The lowest BCUT2D eigenvalue weighted by molar-refractivity contribution is -0.135. The highest BCUT2D eigenvalue weighted by atomic mass is 32.2. The molecule has 0 atom stereocenters. The van der Waals surface area contributed by atoms with E-state index in [1.807, 2.05) is 35.2 Å². The maximum atomic E-state index is 13.4. The first-order valence-electron chi connectivity index (χ1n) is 11.7. The van der Waals surface area contributed by atoms with Gasteiger partial charge in [-0.15, -0.1) is 0 Å². The predicted octanol–water partition coefficient (Wildman–Crippen LogP) is 3.16.